The van der Waals surface area contributed by atoms with Crippen LogP contribution in [0.15, 0.2) is 30.3 Å². The van der Waals surface area contributed by atoms with Crippen LogP contribution >= 0.6 is 0 Å². The second-order valence-electron chi connectivity index (χ2n) is 4.82. The summed E-state index contributed by atoms with van der Waals surface area (Å²) in [6.07, 6.45) is -0.518. The van der Waals surface area contributed by atoms with E-state index in [1.165, 1.54) is 0 Å². The Bertz CT molecular complexity index is 478. The van der Waals surface area contributed by atoms with Crippen LogP contribution in [0.5, 0.6) is 0 Å². The first-order chi connectivity index (χ1) is 9.58. The van der Waals surface area contributed by atoms with Crippen molar-refractivity contribution in [3.8, 4) is 0 Å². The highest BCUT2D eigenvalue weighted by molar-refractivity contribution is 5.81. The van der Waals surface area contributed by atoms with Gasteiger partial charge in [0.15, 0.2) is 6.10 Å². The topological polar surface area (TPSA) is 98.7 Å². The van der Waals surface area contributed by atoms with Gasteiger partial charge in [-0.15, -0.1) is 0 Å². The van der Waals surface area contributed by atoms with Crippen molar-refractivity contribution in [2.45, 2.75) is 18.6 Å². The number of nitrogens with zero attached hydrogens (tertiary/aromatic N) is 1. The molecule has 0 spiro atoms. The Morgan fingerprint density at radius 3 is 2.70 bits per heavy atom. The lowest BCUT2D eigenvalue weighted by Gasteiger charge is -2.32. The maximum Gasteiger partial charge on any atom is 0.248 e. The number of rotatable bonds is 4. The fourth-order valence-corrected chi connectivity index (χ4v) is 2.18. The molecule has 2 unspecified atom stereocenters. The zero-order valence-corrected chi connectivity index (χ0v) is 11.2. The van der Waals surface area contributed by atoms with E-state index in [9.17, 15) is 9.59 Å². The number of carbonyl (C=O) groups is 2. The van der Waals surface area contributed by atoms with Gasteiger partial charge in [0.25, 0.3) is 0 Å². The Morgan fingerprint density at radius 2 is 2.05 bits per heavy atom. The molecule has 0 bridgehead atoms. The van der Waals surface area contributed by atoms with Crippen molar-refractivity contribution in [3.05, 3.63) is 35.9 Å². The molecule has 2 amide bonds. The van der Waals surface area contributed by atoms with Crippen molar-refractivity contribution in [2.75, 3.05) is 19.7 Å². The van der Waals surface area contributed by atoms with E-state index in [1.54, 1.807) is 4.90 Å². The van der Waals surface area contributed by atoms with Crippen LogP contribution in [0.3, 0.4) is 0 Å². The van der Waals surface area contributed by atoms with Gasteiger partial charge in [0.05, 0.1) is 13.2 Å². The molecule has 0 radical (unpaired) electrons. The van der Waals surface area contributed by atoms with Gasteiger partial charge in [-0.1, -0.05) is 30.3 Å². The van der Waals surface area contributed by atoms with Gasteiger partial charge in [0.2, 0.25) is 11.8 Å². The van der Waals surface area contributed by atoms with E-state index in [0.29, 0.717) is 13.2 Å². The van der Waals surface area contributed by atoms with Crippen LogP contribution in [0.1, 0.15) is 18.0 Å². The van der Waals surface area contributed by atoms with Crippen LogP contribution in [0.2, 0.25) is 0 Å². The normalized spacial score (nSPS) is 20.4. The Balaban J connectivity index is 1.93. The molecule has 1 aromatic rings. The van der Waals surface area contributed by atoms with Crippen molar-refractivity contribution in [1.82, 2.24) is 4.90 Å². The molecule has 0 aromatic heterocycles. The van der Waals surface area contributed by atoms with E-state index >= 15 is 0 Å². The molecule has 1 heterocycles. The first-order valence-electron chi connectivity index (χ1n) is 6.57. The Labute approximate surface area is 117 Å². The number of carbonyl (C=O) groups excluding carboxylic acids is 2. The molecular formula is C14H19N3O3. The van der Waals surface area contributed by atoms with Gasteiger partial charge in [-0.3, -0.25) is 9.59 Å². The van der Waals surface area contributed by atoms with Crippen LogP contribution in [0, 0.1) is 0 Å². The predicted molar refractivity (Wildman–Crippen MR) is 73.5 cm³/mol. The minimum Gasteiger partial charge on any atom is -0.367 e. The number of hydrogen-bond donors (Lipinski definition) is 2. The second kappa shape index (κ2) is 6.49. The molecule has 6 heteroatoms. The van der Waals surface area contributed by atoms with Gasteiger partial charge < -0.3 is 21.1 Å². The first kappa shape index (κ1) is 14.5. The number of ether oxygens (including phenoxy) is 1. The standard InChI is InChI=1S/C14H19N3O3/c15-11(10-4-2-1-3-5-10)8-13(18)17-6-7-20-12(9-17)14(16)19/h1-5,11-12H,6-9,15H2,(H2,16,19). The number of primary amides is 1. The summed E-state index contributed by atoms with van der Waals surface area (Å²) in [6.45, 7) is 0.986. The largest absolute Gasteiger partial charge is 0.367 e. The third kappa shape index (κ3) is 3.55. The van der Waals surface area contributed by atoms with E-state index in [1.807, 2.05) is 30.3 Å². The molecule has 2 rings (SSSR count). The van der Waals surface area contributed by atoms with Crippen molar-refractivity contribution in [3.63, 3.8) is 0 Å². The number of hydrogen-bond acceptors (Lipinski definition) is 4. The maximum atomic E-state index is 12.2. The van der Waals surface area contributed by atoms with E-state index < -0.39 is 12.0 Å². The number of amides is 2. The lowest BCUT2D eigenvalue weighted by atomic mass is 10.0. The highest BCUT2D eigenvalue weighted by atomic mass is 16.5. The summed E-state index contributed by atoms with van der Waals surface area (Å²) in [5.41, 5.74) is 12.1. The number of nitrogens with two attached hydrogens (primary N) is 2. The molecule has 0 saturated carbocycles. The molecule has 1 aliphatic heterocycles. The number of morpholine rings is 1. The summed E-state index contributed by atoms with van der Waals surface area (Å²) in [5, 5.41) is 0. The van der Waals surface area contributed by atoms with E-state index in [2.05, 4.69) is 0 Å². The third-order valence-corrected chi connectivity index (χ3v) is 3.36. The lowest BCUT2D eigenvalue weighted by Crippen LogP contribution is -2.50. The molecule has 1 aromatic carbocycles. The zero-order valence-electron chi connectivity index (χ0n) is 11.2. The molecule has 6 nitrogen and oxygen atoms in total. The SMILES string of the molecule is NC(=O)C1CN(C(=O)CC(N)c2ccccc2)CCO1. The summed E-state index contributed by atoms with van der Waals surface area (Å²) in [5.74, 6) is -0.634. The van der Waals surface area contributed by atoms with Crippen molar-refractivity contribution in [1.29, 1.82) is 0 Å². The molecule has 108 valence electrons. The molecule has 0 aliphatic carbocycles. The average Bonchev–Trinajstić information content (AvgIpc) is 2.48. The van der Waals surface area contributed by atoms with Crippen molar-refractivity contribution in [2.24, 2.45) is 11.5 Å². The molecule has 20 heavy (non-hydrogen) atoms. The highest BCUT2D eigenvalue weighted by Gasteiger charge is 2.28. The average molecular weight is 277 g/mol. The smallest absolute Gasteiger partial charge is 0.248 e. The Kier molecular flexibility index (Phi) is 4.70. The third-order valence-electron chi connectivity index (χ3n) is 3.36. The van der Waals surface area contributed by atoms with Crippen LogP contribution in [-0.2, 0) is 14.3 Å². The van der Waals surface area contributed by atoms with Gasteiger partial charge in [-0.2, -0.15) is 0 Å². The number of benzene rings is 1. The van der Waals surface area contributed by atoms with Gasteiger partial charge in [-0.25, -0.2) is 0 Å². The zero-order chi connectivity index (χ0) is 14.5. The van der Waals surface area contributed by atoms with Crippen molar-refractivity contribution < 1.29 is 14.3 Å². The lowest BCUT2D eigenvalue weighted by molar-refractivity contribution is -0.145. The summed E-state index contributed by atoms with van der Waals surface area (Å²) in [7, 11) is 0. The molecule has 4 N–H and O–H groups in total. The molecule has 1 aliphatic rings. The minimum absolute atomic E-state index is 0.0871. The summed E-state index contributed by atoms with van der Waals surface area (Å²) < 4.78 is 5.21. The van der Waals surface area contributed by atoms with Gasteiger partial charge in [-0.05, 0) is 5.56 Å². The summed E-state index contributed by atoms with van der Waals surface area (Å²) in [4.78, 5) is 24.9. The first-order valence-corrected chi connectivity index (χ1v) is 6.57. The summed E-state index contributed by atoms with van der Waals surface area (Å²) in [6, 6.07) is 9.11. The van der Waals surface area contributed by atoms with Crippen molar-refractivity contribution >= 4 is 11.8 Å². The second-order valence-corrected chi connectivity index (χ2v) is 4.82. The predicted octanol–water partition coefficient (Wildman–Crippen LogP) is -0.211. The molecule has 1 saturated heterocycles. The van der Waals surface area contributed by atoms with E-state index in [4.69, 9.17) is 16.2 Å². The van der Waals surface area contributed by atoms with E-state index in [0.717, 1.165) is 5.56 Å². The van der Waals surface area contributed by atoms with Gasteiger partial charge in [0.1, 0.15) is 0 Å². The quantitative estimate of drug-likeness (QED) is 0.795. The monoisotopic (exact) mass is 277 g/mol. The maximum absolute atomic E-state index is 12.2. The van der Waals surface area contributed by atoms with Gasteiger partial charge in [0, 0.05) is 19.0 Å². The highest BCUT2D eigenvalue weighted by Crippen LogP contribution is 2.16. The molecular weight excluding hydrogens is 258 g/mol. The molecule has 1 fully saturated rings. The van der Waals surface area contributed by atoms with Crippen LogP contribution < -0.4 is 11.5 Å². The minimum atomic E-state index is -0.722. The van der Waals surface area contributed by atoms with Crippen LogP contribution in [0.4, 0.5) is 0 Å². The van der Waals surface area contributed by atoms with Gasteiger partial charge >= 0.3 is 0 Å². The van der Waals surface area contributed by atoms with E-state index in [-0.39, 0.29) is 24.9 Å². The Morgan fingerprint density at radius 1 is 1.35 bits per heavy atom. The van der Waals surface area contributed by atoms with Crippen LogP contribution in [0.25, 0.3) is 0 Å². The molecule has 2 atom stereocenters. The fourth-order valence-electron chi connectivity index (χ4n) is 2.18. The Hall–Kier alpha value is -1.92. The summed E-state index contributed by atoms with van der Waals surface area (Å²) >= 11 is 0. The van der Waals surface area contributed by atoms with Crippen LogP contribution in [-0.4, -0.2) is 42.5 Å². The fraction of sp³-hybridized carbons (Fsp3) is 0.429.